The molecule has 4 aromatic rings. The molecule has 0 fully saturated rings. The second kappa shape index (κ2) is 8.91. The number of fused-ring (bicyclic) bond motifs is 1. The molecule has 0 aliphatic rings. The Hall–Kier alpha value is -3.54. The summed E-state index contributed by atoms with van der Waals surface area (Å²) in [5.74, 6) is -1.46. The second-order valence-corrected chi connectivity index (χ2v) is 9.90. The number of hydrogen-bond donors (Lipinski definition) is 0. The average molecular weight is 462 g/mol. The van der Waals surface area contributed by atoms with E-state index >= 15 is 0 Å². The topological polar surface area (TPSA) is 91.1 Å². The fourth-order valence-electron chi connectivity index (χ4n) is 3.41. The summed E-state index contributed by atoms with van der Waals surface area (Å²) in [5.41, 5.74) is 1.57. The lowest BCUT2D eigenvalue weighted by Crippen LogP contribution is -2.30. The van der Waals surface area contributed by atoms with E-state index in [1.165, 1.54) is 39.9 Å². The van der Waals surface area contributed by atoms with Crippen LogP contribution in [-0.4, -0.2) is 25.7 Å². The largest absolute Gasteiger partial charge is 0.292 e. The number of benzene rings is 3. The van der Waals surface area contributed by atoms with E-state index < -0.39 is 21.7 Å². The van der Waals surface area contributed by atoms with E-state index in [1.807, 2.05) is 36.4 Å². The third-order valence-corrected chi connectivity index (χ3v) is 8.03. The van der Waals surface area contributed by atoms with Crippen molar-refractivity contribution in [3.05, 3.63) is 89.4 Å². The van der Waals surface area contributed by atoms with Crippen LogP contribution in [0.1, 0.15) is 28.2 Å². The molecule has 4 rings (SSSR count). The minimum Gasteiger partial charge on any atom is -0.292 e. The lowest BCUT2D eigenvalue weighted by Gasteiger charge is -2.23. The van der Waals surface area contributed by atoms with Crippen molar-refractivity contribution in [2.45, 2.75) is 17.7 Å². The van der Waals surface area contributed by atoms with Crippen LogP contribution in [0.25, 0.3) is 10.2 Å². The van der Waals surface area contributed by atoms with Crippen molar-refractivity contribution in [3.63, 3.8) is 0 Å². The molecule has 0 saturated heterocycles. The van der Waals surface area contributed by atoms with E-state index in [9.17, 15) is 18.5 Å². The Balaban J connectivity index is 1.62. The van der Waals surface area contributed by atoms with Crippen LogP contribution in [0.5, 0.6) is 0 Å². The van der Waals surface area contributed by atoms with Gasteiger partial charge in [-0.1, -0.05) is 30.3 Å². The van der Waals surface area contributed by atoms with Gasteiger partial charge in [-0.3, -0.25) is 9.10 Å². The molecule has 1 heterocycles. The van der Waals surface area contributed by atoms with Crippen LogP contribution in [0.15, 0.2) is 83.8 Å². The van der Waals surface area contributed by atoms with Crippen LogP contribution in [0.3, 0.4) is 0 Å². The molecule has 0 saturated carbocycles. The monoisotopic (exact) mass is 461 g/mol. The highest BCUT2D eigenvalue weighted by molar-refractivity contribution is 7.92. The van der Waals surface area contributed by atoms with Crippen molar-refractivity contribution in [3.8, 4) is 6.07 Å². The molecule has 3 aromatic carbocycles. The first kappa shape index (κ1) is 21.7. The highest BCUT2D eigenvalue weighted by Gasteiger charge is 2.27. The van der Waals surface area contributed by atoms with Crippen molar-refractivity contribution in [2.24, 2.45) is 0 Å². The Morgan fingerprint density at radius 1 is 1.03 bits per heavy atom. The van der Waals surface area contributed by atoms with Crippen LogP contribution in [0.2, 0.25) is 0 Å². The van der Waals surface area contributed by atoms with Crippen LogP contribution in [0.4, 0.5) is 5.69 Å². The van der Waals surface area contributed by atoms with E-state index in [2.05, 4.69) is 4.98 Å². The van der Waals surface area contributed by atoms with Gasteiger partial charge in [0, 0.05) is 12.1 Å². The summed E-state index contributed by atoms with van der Waals surface area (Å²) in [5, 5.41) is 10.1. The molecule has 0 amide bonds. The summed E-state index contributed by atoms with van der Waals surface area (Å²) in [4.78, 5) is 17.5. The zero-order valence-electron chi connectivity index (χ0n) is 17.2. The standard InChI is InChI=1S/C24H19N3O3S2/c1-2-27(18-8-4-3-5-9-18)32(29,30)19-14-12-17(13-15-19)23(28)20(16-25)24-26-21-10-6-7-11-22(21)31-24/h3-15,20H,2H2,1H3. The van der Waals surface area contributed by atoms with E-state index in [1.54, 1.807) is 31.2 Å². The van der Waals surface area contributed by atoms with Crippen LogP contribution < -0.4 is 4.31 Å². The molecular weight excluding hydrogens is 442 g/mol. The maximum absolute atomic E-state index is 13.1. The van der Waals surface area contributed by atoms with Crippen LogP contribution >= 0.6 is 11.3 Å². The first-order chi connectivity index (χ1) is 15.5. The number of nitriles is 1. The van der Waals surface area contributed by atoms with E-state index in [0.29, 0.717) is 10.7 Å². The molecule has 32 heavy (non-hydrogen) atoms. The molecule has 0 aliphatic carbocycles. The Labute approximate surface area is 190 Å². The summed E-state index contributed by atoms with van der Waals surface area (Å²) in [7, 11) is -3.80. The number of rotatable bonds is 7. The number of nitrogens with zero attached hydrogens (tertiary/aromatic N) is 3. The summed E-state index contributed by atoms with van der Waals surface area (Å²) >= 11 is 1.31. The zero-order chi connectivity index (χ0) is 22.7. The van der Waals surface area contributed by atoms with Gasteiger partial charge in [-0.15, -0.1) is 11.3 Å². The first-order valence-electron chi connectivity index (χ1n) is 9.93. The number of sulfonamides is 1. The lowest BCUT2D eigenvalue weighted by atomic mass is 9.99. The summed E-state index contributed by atoms with van der Waals surface area (Å²) < 4.78 is 28.5. The van der Waals surface area contributed by atoms with Crippen molar-refractivity contribution in [1.82, 2.24) is 4.98 Å². The Bertz CT molecular complexity index is 1370. The number of thiazole rings is 1. The first-order valence-corrected chi connectivity index (χ1v) is 12.2. The molecule has 1 unspecified atom stereocenters. The highest BCUT2D eigenvalue weighted by atomic mass is 32.2. The molecule has 0 N–H and O–H groups in total. The fraction of sp³-hybridized carbons (Fsp3) is 0.125. The summed E-state index contributed by atoms with van der Waals surface area (Å²) in [6.07, 6.45) is 0. The van der Waals surface area contributed by atoms with E-state index in [-0.39, 0.29) is 17.0 Å². The molecule has 0 spiro atoms. The van der Waals surface area contributed by atoms with E-state index in [4.69, 9.17) is 0 Å². The van der Waals surface area contributed by atoms with Crippen molar-refractivity contribution < 1.29 is 13.2 Å². The maximum Gasteiger partial charge on any atom is 0.264 e. The number of hydrogen-bond acceptors (Lipinski definition) is 6. The zero-order valence-corrected chi connectivity index (χ0v) is 18.8. The summed E-state index contributed by atoms with van der Waals surface area (Å²) in [6, 6.07) is 24.0. The predicted octanol–water partition coefficient (Wildman–Crippen LogP) is 5.00. The van der Waals surface area contributed by atoms with Gasteiger partial charge in [-0.05, 0) is 55.5 Å². The fourth-order valence-corrected chi connectivity index (χ4v) is 5.90. The van der Waals surface area contributed by atoms with Gasteiger partial charge in [0.2, 0.25) is 0 Å². The SMILES string of the molecule is CCN(c1ccccc1)S(=O)(=O)c1ccc(C(=O)C(C#N)c2nc3ccccc3s2)cc1. The van der Waals surface area contributed by atoms with Gasteiger partial charge in [-0.25, -0.2) is 13.4 Å². The van der Waals surface area contributed by atoms with Gasteiger partial charge in [-0.2, -0.15) is 5.26 Å². The molecule has 1 aromatic heterocycles. The van der Waals surface area contributed by atoms with Gasteiger partial charge in [0.1, 0.15) is 5.01 Å². The number of anilines is 1. The smallest absolute Gasteiger partial charge is 0.264 e. The van der Waals surface area contributed by atoms with Crippen LogP contribution in [0, 0.1) is 11.3 Å². The van der Waals surface area contributed by atoms with Crippen molar-refractivity contribution in [1.29, 1.82) is 5.26 Å². The van der Waals surface area contributed by atoms with Gasteiger partial charge in [0.25, 0.3) is 10.0 Å². The molecule has 0 radical (unpaired) electrons. The molecule has 6 nitrogen and oxygen atoms in total. The number of ketones is 1. The molecular formula is C24H19N3O3S2. The Morgan fingerprint density at radius 2 is 1.69 bits per heavy atom. The third-order valence-electron chi connectivity index (χ3n) is 5.01. The number of para-hydroxylation sites is 2. The molecule has 160 valence electrons. The minimum atomic E-state index is -3.80. The number of Topliss-reactive ketones (excluding diaryl/α,β-unsaturated/α-hetero) is 1. The maximum atomic E-state index is 13.1. The van der Waals surface area contributed by atoms with E-state index in [0.717, 1.165) is 10.2 Å². The third kappa shape index (κ3) is 4.00. The molecule has 0 aliphatic heterocycles. The minimum absolute atomic E-state index is 0.0771. The van der Waals surface area contributed by atoms with Gasteiger partial charge >= 0.3 is 0 Å². The van der Waals surface area contributed by atoms with Crippen molar-refractivity contribution in [2.75, 3.05) is 10.8 Å². The van der Waals surface area contributed by atoms with Gasteiger partial charge < -0.3 is 0 Å². The van der Waals surface area contributed by atoms with Crippen LogP contribution in [-0.2, 0) is 10.0 Å². The molecule has 1 atom stereocenters. The normalized spacial score (nSPS) is 12.2. The van der Waals surface area contributed by atoms with Gasteiger partial charge in [0.05, 0.1) is 26.9 Å². The second-order valence-electron chi connectivity index (χ2n) is 6.98. The summed E-state index contributed by atoms with van der Waals surface area (Å²) in [6.45, 7) is 2.03. The number of carbonyl (C=O) groups is 1. The molecule has 8 heteroatoms. The predicted molar refractivity (Wildman–Crippen MR) is 125 cm³/mol. The average Bonchev–Trinajstić information content (AvgIpc) is 3.24. The number of carbonyl (C=O) groups excluding carboxylic acids is 1. The lowest BCUT2D eigenvalue weighted by molar-refractivity contribution is 0.0978. The Morgan fingerprint density at radius 3 is 2.31 bits per heavy atom. The van der Waals surface area contributed by atoms with Crippen molar-refractivity contribution >= 4 is 43.0 Å². The quantitative estimate of drug-likeness (QED) is 0.361. The number of aromatic nitrogens is 1. The molecule has 0 bridgehead atoms. The highest BCUT2D eigenvalue weighted by Crippen LogP contribution is 2.30. The Kier molecular flexibility index (Phi) is 6.04. The van der Waals surface area contributed by atoms with Gasteiger partial charge in [0.15, 0.2) is 11.7 Å².